The van der Waals surface area contributed by atoms with Crippen LogP contribution in [0.5, 0.6) is 0 Å². The van der Waals surface area contributed by atoms with Crippen molar-refractivity contribution in [3.63, 3.8) is 0 Å². The van der Waals surface area contributed by atoms with Gasteiger partial charge in [0.25, 0.3) is 0 Å². The van der Waals surface area contributed by atoms with Crippen LogP contribution >= 0.6 is 0 Å². The molecule has 0 saturated heterocycles. The molecular formula is C36H24N4. The molecule has 0 aliphatic rings. The summed E-state index contributed by atoms with van der Waals surface area (Å²) in [6.45, 7) is 0. The van der Waals surface area contributed by atoms with Crippen molar-refractivity contribution in [3.8, 4) is 56.4 Å². The minimum absolute atomic E-state index is 0.652. The van der Waals surface area contributed by atoms with Gasteiger partial charge in [-0.05, 0) is 45.7 Å². The smallest absolute Gasteiger partial charge is 0.164 e. The normalized spacial score (nSPS) is 11.0. The van der Waals surface area contributed by atoms with Crippen molar-refractivity contribution in [3.05, 3.63) is 146 Å². The Kier molecular flexibility index (Phi) is 6.11. The first-order valence-electron chi connectivity index (χ1n) is 13.2. The van der Waals surface area contributed by atoms with Gasteiger partial charge in [0.1, 0.15) is 0 Å². The molecule has 0 bridgehead atoms. The Morgan fingerprint density at radius 1 is 0.325 bits per heavy atom. The van der Waals surface area contributed by atoms with Crippen LogP contribution in [0.2, 0.25) is 0 Å². The number of hydrogen-bond donors (Lipinski definition) is 0. The Hall–Kier alpha value is -5.48. The van der Waals surface area contributed by atoms with Crippen LogP contribution in [0, 0.1) is 0 Å². The third-order valence-corrected chi connectivity index (χ3v) is 7.01. The summed E-state index contributed by atoms with van der Waals surface area (Å²) in [7, 11) is 0. The zero-order valence-electron chi connectivity index (χ0n) is 21.6. The van der Waals surface area contributed by atoms with Gasteiger partial charge in [-0.3, -0.25) is 4.98 Å². The molecule has 4 nitrogen and oxygen atoms in total. The second-order valence-electron chi connectivity index (χ2n) is 9.63. The number of benzene rings is 5. The van der Waals surface area contributed by atoms with Crippen LogP contribution in [-0.2, 0) is 0 Å². The summed E-state index contributed by atoms with van der Waals surface area (Å²) >= 11 is 0. The van der Waals surface area contributed by atoms with E-state index in [9.17, 15) is 0 Å². The van der Waals surface area contributed by atoms with Crippen molar-refractivity contribution in [2.75, 3.05) is 0 Å². The number of pyridine rings is 1. The Bertz CT molecular complexity index is 1860. The topological polar surface area (TPSA) is 51.6 Å². The Morgan fingerprint density at radius 2 is 0.775 bits per heavy atom. The van der Waals surface area contributed by atoms with E-state index in [4.69, 9.17) is 15.0 Å². The summed E-state index contributed by atoms with van der Waals surface area (Å²) in [5, 5.41) is 2.40. The van der Waals surface area contributed by atoms with Crippen LogP contribution in [0.4, 0.5) is 0 Å². The maximum Gasteiger partial charge on any atom is 0.164 e. The van der Waals surface area contributed by atoms with E-state index < -0.39 is 0 Å². The fourth-order valence-corrected chi connectivity index (χ4v) is 4.89. The summed E-state index contributed by atoms with van der Waals surface area (Å²) in [5.41, 5.74) is 7.43. The first kappa shape index (κ1) is 23.6. The van der Waals surface area contributed by atoms with E-state index in [1.807, 2.05) is 72.9 Å². The molecule has 0 unspecified atom stereocenters. The molecule has 7 rings (SSSR count). The second-order valence-corrected chi connectivity index (χ2v) is 9.63. The highest BCUT2D eigenvalue weighted by atomic mass is 15.0. The van der Waals surface area contributed by atoms with Gasteiger partial charge >= 0.3 is 0 Å². The van der Waals surface area contributed by atoms with E-state index in [0.29, 0.717) is 17.5 Å². The van der Waals surface area contributed by atoms with Crippen molar-refractivity contribution in [2.24, 2.45) is 0 Å². The lowest BCUT2D eigenvalue weighted by molar-refractivity contribution is 1.07. The predicted octanol–water partition coefficient (Wildman–Crippen LogP) is 8.75. The predicted molar refractivity (Wildman–Crippen MR) is 162 cm³/mol. The summed E-state index contributed by atoms with van der Waals surface area (Å²) < 4.78 is 0. The van der Waals surface area contributed by atoms with E-state index in [2.05, 4.69) is 71.7 Å². The molecule has 0 N–H and O–H groups in total. The van der Waals surface area contributed by atoms with Crippen LogP contribution in [0.1, 0.15) is 0 Å². The molecule has 0 spiro atoms. The summed E-state index contributed by atoms with van der Waals surface area (Å²) in [4.78, 5) is 18.8. The molecular weight excluding hydrogens is 488 g/mol. The van der Waals surface area contributed by atoms with E-state index in [-0.39, 0.29) is 0 Å². The van der Waals surface area contributed by atoms with Crippen molar-refractivity contribution >= 4 is 10.8 Å². The molecule has 0 amide bonds. The van der Waals surface area contributed by atoms with Gasteiger partial charge < -0.3 is 0 Å². The largest absolute Gasteiger partial charge is 0.264 e. The van der Waals surface area contributed by atoms with Crippen molar-refractivity contribution in [1.29, 1.82) is 0 Å². The molecule has 7 aromatic rings. The van der Waals surface area contributed by atoms with E-state index in [1.165, 1.54) is 10.8 Å². The summed E-state index contributed by atoms with van der Waals surface area (Å²) in [6.07, 6.45) is 3.70. The monoisotopic (exact) mass is 512 g/mol. The standard InChI is InChI=1S/C36H24N4/c1-3-8-27(9-4-1)34-38-35(28-10-5-2-6-11-28)40-36(39-34)29-17-13-25(14-18-29)30-19-15-26-16-20-31(23-33(26)22-30)32-12-7-21-37-24-32/h1-24H. The van der Waals surface area contributed by atoms with Gasteiger partial charge in [-0.25, -0.2) is 15.0 Å². The molecule has 0 fully saturated rings. The Morgan fingerprint density at radius 3 is 1.30 bits per heavy atom. The number of hydrogen-bond acceptors (Lipinski definition) is 4. The highest BCUT2D eigenvalue weighted by molar-refractivity contribution is 5.91. The zero-order valence-corrected chi connectivity index (χ0v) is 21.6. The maximum absolute atomic E-state index is 4.85. The molecule has 4 heteroatoms. The lowest BCUT2D eigenvalue weighted by Crippen LogP contribution is -2.00. The van der Waals surface area contributed by atoms with Gasteiger partial charge in [-0.2, -0.15) is 0 Å². The van der Waals surface area contributed by atoms with Crippen molar-refractivity contribution < 1.29 is 0 Å². The number of rotatable bonds is 5. The average Bonchev–Trinajstić information content (AvgIpc) is 3.05. The van der Waals surface area contributed by atoms with Crippen LogP contribution in [0.15, 0.2) is 146 Å². The van der Waals surface area contributed by atoms with E-state index in [1.54, 1.807) is 6.20 Å². The molecule has 0 radical (unpaired) electrons. The van der Waals surface area contributed by atoms with E-state index >= 15 is 0 Å². The maximum atomic E-state index is 4.85. The van der Waals surface area contributed by atoms with Gasteiger partial charge in [0, 0.05) is 34.6 Å². The van der Waals surface area contributed by atoms with Crippen LogP contribution in [-0.4, -0.2) is 19.9 Å². The van der Waals surface area contributed by atoms with Crippen molar-refractivity contribution in [2.45, 2.75) is 0 Å². The van der Waals surface area contributed by atoms with Gasteiger partial charge in [-0.15, -0.1) is 0 Å². The molecule has 0 atom stereocenters. The van der Waals surface area contributed by atoms with E-state index in [0.717, 1.165) is 38.9 Å². The molecule has 2 heterocycles. The molecule has 188 valence electrons. The average molecular weight is 513 g/mol. The third kappa shape index (κ3) is 4.74. The molecule has 40 heavy (non-hydrogen) atoms. The van der Waals surface area contributed by atoms with Gasteiger partial charge in [-0.1, -0.05) is 115 Å². The molecule has 0 aliphatic heterocycles. The first-order valence-corrected chi connectivity index (χ1v) is 13.2. The minimum atomic E-state index is 0.652. The van der Waals surface area contributed by atoms with Gasteiger partial charge in [0.05, 0.1) is 0 Å². The molecule has 5 aromatic carbocycles. The first-order chi connectivity index (χ1) is 19.8. The molecule has 0 aliphatic carbocycles. The Balaban J connectivity index is 1.26. The quantitative estimate of drug-likeness (QED) is 0.231. The van der Waals surface area contributed by atoms with Crippen LogP contribution in [0.25, 0.3) is 67.2 Å². The lowest BCUT2D eigenvalue weighted by atomic mass is 9.97. The van der Waals surface area contributed by atoms with Crippen LogP contribution < -0.4 is 0 Å². The minimum Gasteiger partial charge on any atom is -0.264 e. The number of aromatic nitrogens is 4. The summed E-state index contributed by atoms with van der Waals surface area (Å²) in [6, 6.07) is 45.7. The van der Waals surface area contributed by atoms with Gasteiger partial charge in [0.2, 0.25) is 0 Å². The summed E-state index contributed by atoms with van der Waals surface area (Å²) in [5.74, 6) is 1.97. The second kappa shape index (κ2) is 10.4. The Labute approximate surface area is 232 Å². The third-order valence-electron chi connectivity index (χ3n) is 7.01. The number of fused-ring (bicyclic) bond motifs is 1. The lowest BCUT2D eigenvalue weighted by Gasteiger charge is -2.10. The highest BCUT2D eigenvalue weighted by Crippen LogP contribution is 2.30. The van der Waals surface area contributed by atoms with Crippen LogP contribution in [0.3, 0.4) is 0 Å². The highest BCUT2D eigenvalue weighted by Gasteiger charge is 2.12. The zero-order chi connectivity index (χ0) is 26.7. The fraction of sp³-hybridized carbons (Fsp3) is 0. The van der Waals surface area contributed by atoms with Gasteiger partial charge in [0.15, 0.2) is 17.5 Å². The SMILES string of the molecule is c1ccc(-c2nc(-c3ccccc3)nc(-c3ccc(-c4ccc5ccc(-c6cccnc6)cc5c4)cc3)n2)cc1. The van der Waals surface area contributed by atoms with Crippen molar-refractivity contribution in [1.82, 2.24) is 19.9 Å². The fourth-order valence-electron chi connectivity index (χ4n) is 4.89. The molecule has 0 saturated carbocycles. The molecule has 2 aromatic heterocycles. The number of nitrogens with zero attached hydrogens (tertiary/aromatic N) is 4.